The molecule has 0 aliphatic heterocycles. The predicted molar refractivity (Wildman–Crippen MR) is 85.3 cm³/mol. The lowest BCUT2D eigenvalue weighted by atomic mass is 10.2. The molecule has 7 heteroatoms. The van der Waals surface area contributed by atoms with Crippen LogP contribution in [0.2, 0.25) is 0 Å². The highest BCUT2D eigenvalue weighted by Gasteiger charge is 2.22. The third-order valence-corrected chi connectivity index (χ3v) is 4.76. The third kappa shape index (κ3) is 5.31. The summed E-state index contributed by atoms with van der Waals surface area (Å²) < 4.78 is 31.8. The first-order valence-electron chi connectivity index (χ1n) is 7.27. The summed E-state index contributed by atoms with van der Waals surface area (Å²) >= 11 is 0. The SMILES string of the molecule is CCCC(C)NC(=O)C(C)NS(=O)(=O)c1ccc(OC)cc1. The maximum Gasteiger partial charge on any atom is 0.241 e. The van der Waals surface area contributed by atoms with Gasteiger partial charge in [-0.2, -0.15) is 4.72 Å². The molecule has 0 bridgehead atoms. The van der Waals surface area contributed by atoms with Crippen LogP contribution in [-0.2, 0) is 14.8 Å². The van der Waals surface area contributed by atoms with Crippen molar-refractivity contribution in [1.29, 1.82) is 0 Å². The average molecular weight is 328 g/mol. The fourth-order valence-electron chi connectivity index (χ4n) is 1.98. The molecule has 0 heterocycles. The van der Waals surface area contributed by atoms with Crippen molar-refractivity contribution in [3.63, 3.8) is 0 Å². The number of rotatable bonds is 8. The van der Waals surface area contributed by atoms with E-state index < -0.39 is 16.1 Å². The Morgan fingerprint density at radius 1 is 1.23 bits per heavy atom. The Balaban J connectivity index is 2.72. The summed E-state index contributed by atoms with van der Waals surface area (Å²) in [4.78, 5) is 12.1. The zero-order valence-electron chi connectivity index (χ0n) is 13.4. The summed E-state index contributed by atoms with van der Waals surface area (Å²) in [6.45, 7) is 5.44. The van der Waals surface area contributed by atoms with Crippen LogP contribution in [-0.4, -0.2) is 33.5 Å². The second kappa shape index (κ2) is 8.14. The molecule has 2 atom stereocenters. The number of hydrogen-bond donors (Lipinski definition) is 2. The van der Waals surface area contributed by atoms with Gasteiger partial charge in [-0.15, -0.1) is 0 Å². The van der Waals surface area contributed by atoms with Crippen molar-refractivity contribution in [2.45, 2.75) is 50.6 Å². The molecule has 124 valence electrons. The Morgan fingerprint density at radius 2 is 1.82 bits per heavy atom. The zero-order chi connectivity index (χ0) is 16.8. The van der Waals surface area contributed by atoms with Gasteiger partial charge in [0.1, 0.15) is 5.75 Å². The van der Waals surface area contributed by atoms with E-state index in [0.717, 1.165) is 12.8 Å². The van der Waals surface area contributed by atoms with E-state index in [0.29, 0.717) is 5.75 Å². The Kier molecular flexibility index (Phi) is 6.83. The van der Waals surface area contributed by atoms with Gasteiger partial charge in [-0.25, -0.2) is 8.42 Å². The summed E-state index contributed by atoms with van der Waals surface area (Å²) in [7, 11) is -2.24. The summed E-state index contributed by atoms with van der Waals surface area (Å²) in [5, 5.41) is 2.79. The first-order valence-corrected chi connectivity index (χ1v) is 8.75. The van der Waals surface area contributed by atoms with E-state index in [9.17, 15) is 13.2 Å². The molecule has 0 aliphatic carbocycles. The van der Waals surface area contributed by atoms with E-state index in [4.69, 9.17) is 4.74 Å². The molecular formula is C15H24N2O4S. The van der Waals surface area contributed by atoms with E-state index in [-0.39, 0.29) is 16.8 Å². The number of nitrogens with one attached hydrogen (secondary N) is 2. The molecule has 2 unspecified atom stereocenters. The molecule has 0 saturated heterocycles. The fraction of sp³-hybridized carbons (Fsp3) is 0.533. The Morgan fingerprint density at radius 3 is 2.32 bits per heavy atom. The number of carbonyl (C=O) groups excluding carboxylic acids is 1. The van der Waals surface area contributed by atoms with Crippen molar-refractivity contribution in [2.75, 3.05) is 7.11 Å². The molecule has 1 amide bonds. The number of hydrogen-bond acceptors (Lipinski definition) is 4. The molecule has 0 aromatic heterocycles. The van der Waals surface area contributed by atoms with Crippen molar-refractivity contribution < 1.29 is 17.9 Å². The van der Waals surface area contributed by atoms with Crippen molar-refractivity contribution >= 4 is 15.9 Å². The second-order valence-electron chi connectivity index (χ2n) is 5.22. The van der Waals surface area contributed by atoms with Crippen LogP contribution in [0.25, 0.3) is 0 Å². The maximum absolute atomic E-state index is 12.2. The minimum atomic E-state index is -3.74. The fourth-order valence-corrected chi connectivity index (χ4v) is 3.19. The van der Waals surface area contributed by atoms with E-state index in [1.807, 2.05) is 13.8 Å². The van der Waals surface area contributed by atoms with Gasteiger partial charge in [-0.05, 0) is 44.5 Å². The van der Waals surface area contributed by atoms with E-state index >= 15 is 0 Å². The third-order valence-electron chi connectivity index (χ3n) is 3.21. The minimum Gasteiger partial charge on any atom is -0.497 e. The molecule has 22 heavy (non-hydrogen) atoms. The topological polar surface area (TPSA) is 84.5 Å². The molecule has 1 aromatic rings. The standard InChI is InChI=1S/C15H24N2O4S/c1-5-6-11(2)16-15(18)12(3)17-22(19,20)14-9-7-13(21-4)8-10-14/h7-12,17H,5-6H2,1-4H3,(H,16,18). The van der Waals surface area contributed by atoms with Crippen LogP contribution in [0.4, 0.5) is 0 Å². The number of benzene rings is 1. The van der Waals surface area contributed by atoms with E-state index in [1.165, 1.54) is 26.2 Å². The molecule has 0 fully saturated rings. The van der Waals surface area contributed by atoms with Crippen LogP contribution < -0.4 is 14.8 Å². The molecule has 0 radical (unpaired) electrons. The van der Waals surface area contributed by atoms with E-state index in [1.54, 1.807) is 12.1 Å². The van der Waals surface area contributed by atoms with Crippen molar-refractivity contribution in [2.24, 2.45) is 0 Å². The van der Waals surface area contributed by atoms with Crippen LogP contribution in [0.1, 0.15) is 33.6 Å². The van der Waals surface area contributed by atoms with Gasteiger partial charge in [0.05, 0.1) is 18.0 Å². The molecule has 0 spiro atoms. The van der Waals surface area contributed by atoms with Crippen molar-refractivity contribution in [3.8, 4) is 5.75 Å². The molecule has 1 aromatic carbocycles. The minimum absolute atomic E-state index is 0.0189. The normalized spacial score (nSPS) is 14.2. The highest BCUT2D eigenvalue weighted by Crippen LogP contribution is 2.15. The number of carbonyl (C=O) groups is 1. The zero-order valence-corrected chi connectivity index (χ0v) is 14.2. The highest BCUT2D eigenvalue weighted by atomic mass is 32.2. The van der Waals surface area contributed by atoms with Gasteiger partial charge in [-0.1, -0.05) is 13.3 Å². The molecule has 1 rings (SSSR count). The smallest absolute Gasteiger partial charge is 0.241 e. The monoisotopic (exact) mass is 328 g/mol. The quantitative estimate of drug-likeness (QED) is 0.760. The van der Waals surface area contributed by atoms with Gasteiger partial charge in [-0.3, -0.25) is 4.79 Å². The molecular weight excluding hydrogens is 304 g/mol. The van der Waals surface area contributed by atoms with Gasteiger partial charge >= 0.3 is 0 Å². The van der Waals surface area contributed by atoms with Gasteiger partial charge in [0.25, 0.3) is 0 Å². The number of ether oxygens (including phenoxy) is 1. The van der Waals surface area contributed by atoms with Crippen LogP contribution in [0.3, 0.4) is 0 Å². The summed E-state index contributed by atoms with van der Waals surface area (Å²) in [5.74, 6) is 0.233. The Labute approximate surface area is 132 Å². The summed E-state index contributed by atoms with van der Waals surface area (Å²) in [6, 6.07) is 5.17. The summed E-state index contributed by atoms with van der Waals surface area (Å²) in [6.07, 6.45) is 1.80. The largest absolute Gasteiger partial charge is 0.497 e. The second-order valence-corrected chi connectivity index (χ2v) is 6.93. The van der Waals surface area contributed by atoms with Gasteiger partial charge < -0.3 is 10.1 Å². The van der Waals surface area contributed by atoms with Crippen LogP contribution >= 0.6 is 0 Å². The van der Waals surface area contributed by atoms with Gasteiger partial charge in [0.2, 0.25) is 15.9 Å². The first kappa shape index (κ1) is 18.4. The van der Waals surface area contributed by atoms with Gasteiger partial charge in [0, 0.05) is 6.04 Å². The predicted octanol–water partition coefficient (Wildman–Crippen LogP) is 1.67. The Bertz CT molecular complexity index is 584. The number of sulfonamides is 1. The lowest BCUT2D eigenvalue weighted by Gasteiger charge is -2.18. The van der Waals surface area contributed by atoms with E-state index in [2.05, 4.69) is 10.0 Å². The van der Waals surface area contributed by atoms with Crippen molar-refractivity contribution in [1.82, 2.24) is 10.0 Å². The molecule has 2 N–H and O–H groups in total. The Hall–Kier alpha value is -1.60. The lowest BCUT2D eigenvalue weighted by Crippen LogP contribution is -2.47. The lowest BCUT2D eigenvalue weighted by molar-refractivity contribution is -0.123. The first-order chi connectivity index (χ1) is 10.3. The van der Waals surface area contributed by atoms with Crippen LogP contribution in [0.15, 0.2) is 29.2 Å². The van der Waals surface area contributed by atoms with Crippen molar-refractivity contribution in [3.05, 3.63) is 24.3 Å². The van der Waals surface area contributed by atoms with Crippen LogP contribution in [0.5, 0.6) is 5.75 Å². The summed E-state index contributed by atoms with van der Waals surface area (Å²) in [5.41, 5.74) is 0. The molecule has 0 aliphatic rings. The number of methoxy groups -OCH3 is 1. The highest BCUT2D eigenvalue weighted by molar-refractivity contribution is 7.89. The average Bonchev–Trinajstić information content (AvgIpc) is 2.47. The van der Waals surface area contributed by atoms with Gasteiger partial charge in [0.15, 0.2) is 0 Å². The maximum atomic E-state index is 12.2. The number of amides is 1. The van der Waals surface area contributed by atoms with Crippen LogP contribution in [0, 0.1) is 0 Å². The molecule has 6 nitrogen and oxygen atoms in total. The molecule has 0 saturated carbocycles.